The van der Waals surface area contributed by atoms with Crippen LogP contribution in [0.4, 0.5) is 5.69 Å². The predicted molar refractivity (Wildman–Crippen MR) is 187 cm³/mol. The second-order valence-corrected chi connectivity index (χ2v) is 13.5. The molecule has 230 valence electrons. The Morgan fingerprint density at radius 3 is 2.61 bits per heavy atom. The summed E-state index contributed by atoms with van der Waals surface area (Å²) in [5, 5.41) is 11.6. The number of allylic oxidation sites excluding steroid dienone is 1. The first-order chi connectivity index (χ1) is 22.3. The number of aryl methyl sites for hydroxylation is 1. The van der Waals surface area contributed by atoms with Crippen LogP contribution in [0, 0.1) is 13.7 Å². The fourth-order valence-electron chi connectivity index (χ4n) is 5.98. The highest BCUT2D eigenvalue weighted by Gasteiger charge is 2.33. The lowest BCUT2D eigenvalue weighted by atomic mass is 9.83. The molecule has 1 aromatic heterocycles. The van der Waals surface area contributed by atoms with Crippen molar-refractivity contribution in [2.24, 2.45) is 4.99 Å². The number of nitro groups is 1. The fourth-order valence-corrected chi connectivity index (χ4v) is 8.00. The Morgan fingerprint density at radius 1 is 1.09 bits per heavy atom. The third-order valence-corrected chi connectivity index (χ3v) is 10.3. The first kappa shape index (κ1) is 30.4. The molecule has 0 amide bonds. The Kier molecular flexibility index (Phi) is 8.26. The summed E-state index contributed by atoms with van der Waals surface area (Å²) in [5.74, 6) is 1.05. The van der Waals surface area contributed by atoms with Crippen molar-refractivity contribution < 1.29 is 14.4 Å². The van der Waals surface area contributed by atoms with Gasteiger partial charge in [0, 0.05) is 22.7 Å². The molecule has 0 bridgehead atoms. The number of nitrogens with zero attached hydrogens (tertiary/aromatic N) is 3. The maximum Gasteiger partial charge on any atom is 0.271 e. The van der Waals surface area contributed by atoms with Crippen molar-refractivity contribution in [3.05, 3.63) is 157 Å². The molecule has 1 aliphatic carbocycles. The van der Waals surface area contributed by atoms with Crippen molar-refractivity contribution in [2.45, 2.75) is 25.5 Å². The van der Waals surface area contributed by atoms with Crippen molar-refractivity contribution in [1.82, 2.24) is 4.57 Å². The monoisotopic (exact) mass is 761 g/mol. The van der Waals surface area contributed by atoms with Crippen LogP contribution in [-0.2, 0) is 13.0 Å². The van der Waals surface area contributed by atoms with Crippen molar-refractivity contribution in [1.29, 1.82) is 0 Å². The number of aromatic nitrogens is 1. The fraction of sp³-hybridized carbons (Fsp3) is 0.143. The molecule has 2 heterocycles. The van der Waals surface area contributed by atoms with Gasteiger partial charge in [-0.25, -0.2) is 4.99 Å². The van der Waals surface area contributed by atoms with Crippen molar-refractivity contribution in [3.8, 4) is 11.5 Å². The van der Waals surface area contributed by atoms with Gasteiger partial charge in [-0.15, -0.1) is 0 Å². The number of halogens is 2. The topological polar surface area (TPSA) is 96.0 Å². The van der Waals surface area contributed by atoms with Gasteiger partial charge < -0.3 is 9.47 Å². The molecule has 4 aromatic carbocycles. The van der Waals surface area contributed by atoms with Crippen LogP contribution < -0.4 is 24.4 Å². The lowest BCUT2D eigenvalue weighted by Crippen LogP contribution is -2.38. The number of fused-ring (bicyclic) bond motifs is 3. The summed E-state index contributed by atoms with van der Waals surface area (Å²) < 4.78 is 14.9. The van der Waals surface area contributed by atoms with Gasteiger partial charge in [-0.05, 0) is 99.7 Å². The van der Waals surface area contributed by atoms with E-state index < -0.39 is 4.92 Å². The van der Waals surface area contributed by atoms with Gasteiger partial charge >= 0.3 is 0 Å². The Labute approximate surface area is 286 Å². The highest BCUT2D eigenvalue weighted by atomic mass is 127. The van der Waals surface area contributed by atoms with Crippen LogP contribution >= 0.6 is 45.5 Å². The maximum absolute atomic E-state index is 14.2. The quantitative estimate of drug-likeness (QED) is 0.101. The van der Waals surface area contributed by atoms with Gasteiger partial charge in [0.1, 0.15) is 6.61 Å². The molecule has 0 saturated heterocycles. The number of hydrogen-bond acceptors (Lipinski definition) is 7. The summed E-state index contributed by atoms with van der Waals surface area (Å²) in [5.41, 5.74) is 6.69. The minimum Gasteiger partial charge on any atom is -0.493 e. The maximum atomic E-state index is 14.2. The van der Waals surface area contributed by atoms with Crippen LogP contribution in [0.1, 0.15) is 40.3 Å². The van der Waals surface area contributed by atoms with Crippen molar-refractivity contribution in [2.75, 3.05) is 7.11 Å². The lowest BCUT2D eigenvalue weighted by Gasteiger charge is -2.31. The van der Waals surface area contributed by atoms with Crippen LogP contribution in [0.3, 0.4) is 0 Å². The van der Waals surface area contributed by atoms with Crippen LogP contribution in [0.2, 0.25) is 5.02 Å². The number of nitro benzene ring substituents is 1. The second kappa shape index (κ2) is 12.5. The number of methoxy groups -OCH3 is 1. The average Bonchev–Trinajstić information content (AvgIpc) is 3.37. The van der Waals surface area contributed by atoms with Gasteiger partial charge in [0.25, 0.3) is 11.2 Å². The van der Waals surface area contributed by atoms with E-state index in [1.54, 1.807) is 23.8 Å². The van der Waals surface area contributed by atoms with E-state index in [1.165, 1.54) is 29.0 Å². The van der Waals surface area contributed by atoms with Crippen LogP contribution in [0.25, 0.3) is 11.8 Å². The molecule has 8 nitrogen and oxygen atoms in total. The van der Waals surface area contributed by atoms with Crippen LogP contribution in [0.15, 0.2) is 100 Å². The molecule has 0 spiro atoms. The van der Waals surface area contributed by atoms with Gasteiger partial charge in [0.05, 0.1) is 31.9 Å². The van der Waals surface area contributed by atoms with Gasteiger partial charge in [-0.3, -0.25) is 19.5 Å². The molecule has 0 saturated carbocycles. The van der Waals surface area contributed by atoms with E-state index >= 15 is 0 Å². The number of hydrogen-bond donors (Lipinski definition) is 0. The van der Waals surface area contributed by atoms with Gasteiger partial charge in [-0.1, -0.05) is 65.4 Å². The average molecular weight is 762 g/mol. The van der Waals surface area contributed by atoms with Crippen LogP contribution in [-0.4, -0.2) is 16.6 Å². The SMILES string of the molecule is COc1cc(/C=c2\sc3n(c2=O)[C@@H](c2ccccc2Cl)C2=C(N=3)c3ccccc3CC2)cc(I)c1OCc1ccc([N+](=O)[O-])cc1. The molecule has 0 unspecified atom stereocenters. The first-order valence-corrected chi connectivity index (χ1v) is 16.7. The molecule has 5 aromatic rings. The molecule has 46 heavy (non-hydrogen) atoms. The van der Waals surface area contributed by atoms with E-state index in [1.807, 2.05) is 48.5 Å². The number of rotatable bonds is 7. The van der Waals surface area contributed by atoms with E-state index in [0.717, 1.165) is 49.9 Å². The molecule has 0 fully saturated rings. The summed E-state index contributed by atoms with van der Waals surface area (Å²) in [6, 6.07) is 25.7. The highest BCUT2D eigenvalue weighted by molar-refractivity contribution is 14.1. The Hall–Kier alpha value is -4.26. The smallest absolute Gasteiger partial charge is 0.271 e. The second-order valence-electron chi connectivity index (χ2n) is 10.9. The zero-order valence-corrected chi connectivity index (χ0v) is 28.1. The number of ether oxygens (including phenoxy) is 2. The minimum absolute atomic E-state index is 0.0220. The Morgan fingerprint density at radius 2 is 1.85 bits per heavy atom. The minimum atomic E-state index is -0.434. The molecule has 2 aliphatic rings. The van der Waals surface area contributed by atoms with Gasteiger partial charge in [-0.2, -0.15) is 0 Å². The van der Waals surface area contributed by atoms with E-state index in [9.17, 15) is 14.9 Å². The summed E-state index contributed by atoms with van der Waals surface area (Å²) in [7, 11) is 1.56. The highest BCUT2D eigenvalue weighted by Crippen LogP contribution is 2.42. The van der Waals surface area contributed by atoms with E-state index in [-0.39, 0.29) is 23.9 Å². The number of benzene rings is 4. The number of non-ortho nitro benzene ring substituents is 1. The van der Waals surface area contributed by atoms with Crippen LogP contribution in [0.5, 0.6) is 11.5 Å². The van der Waals surface area contributed by atoms with Gasteiger partial charge in [0.2, 0.25) is 0 Å². The summed E-state index contributed by atoms with van der Waals surface area (Å²) in [4.78, 5) is 30.4. The predicted octanol–water partition coefficient (Wildman–Crippen LogP) is 7.07. The molecule has 1 aliphatic heterocycles. The zero-order valence-electron chi connectivity index (χ0n) is 24.4. The van der Waals surface area contributed by atoms with Crippen molar-refractivity contribution in [3.63, 3.8) is 0 Å². The Bertz CT molecular complexity index is 2240. The summed E-state index contributed by atoms with van der Waals surface area (Å²) in [6.45, 7) is 0.206. The summed E-state index contributed by atoms with van der Waals surface area (Å²) in [6.07, 6.45) is 3.51. The third-order valence-electron chi connectivity index (χ3n) is 8.15. The van der Waals surface area contributed by atoms with E-state index in [2.05, 4.69) is 40.8 Å². The zero-order chi connectivity index (χ0) is 31.9. The van der Waals surface area contributed by atoms with E-state index in [0.29, 0.717) is 25.9 Å². The van der Waals surface area contributed by atoms with Gasteiger partial charge in [0.15, 0.2) is 16.3 Å². The lowest BCUT2D eigenvalue weighted by molar-refractivity contribution is -0.384. The van der Waals surface area contributed by atoms with Crippen molar-refractivity contribution >= 4 is 63.0 Å². The summed E-state index contributed by atoms with van der Waals surface area (Å²) >= 11 is 10.3. The standard InChI is InChI=1S/C35H25ClIN3O5S/c1-44-29-17-21(16-28(37)33(29)45-19-20-10-13-23(14-11-20)40(42)43)18-30-34(41)39-32(25-8-4-5-9-27(25)36)26-15-12-22-6-2-3-7-24(22)31(26)38-35(39)46-30/h2-11,13-14,16-18,32H,12,15,19H2,1H3/b30-18-/t32-/m0/s1. The third kappa shape index (κ3) is 5.54. The molecule has 1 atom stereocenters. The number of thiazole rings is 1. The normalized spacial score (nSPS) is 15.5. The molecular weight excluding hydrogens is 737 g/mol. The molecule has 0 N–H and O–H groups in total. The largest absolute Gasteiger partial charge is 0.493 e. The molecular formula is C35H25ClIN3O5S. The first-order valence-electron chi connectivity index (χ1n) is 14.4. The van der Waals surface area contributed by atoms with E-state index in [4.69, 9.17) is 26.1 Å². The molecule has 0 radical (unpaired) electrons. The molecule has 7 rings (SSSR count). The molecule has 11 heteroatoms. The Balaban J connectivity index is 1.29.